The fraction of sp³-hybridized carbons (Fsp3) is 0.444. The number of carbonyl (C=O) groups is 1. The Morgan fingerprint density at radius 1 is 1.22 bits per heavy atom. The lowest BCUT2D eigenvalue weighted by molar-refractivity contribution is 0.249. The van der Waals surface area contributed by atoms with Gasteiger partial charge in [-0.2, -0.15) is 0 Å². The second kappa shape index (κ2) is 6.71. The summed E-state index contributed by atoms with van der Waals surface area (Å²) in [5, 5.41) is 6.56. The van der Waals surface area contributed by atoms with Crippen LogP contribution in [-0.4, -0.2) is 17.6 Å². The molecule has 0 fully saturated rings. The lowest BCUT2D eigenvalue weighted by Gasteiger charge is -2.25. The Hall–Kier alpha value is -1.88. The van der Waals surface area contributed by atoms with Crippen LogP contribution in [0.25, 0.3) is 0 Å². The zero-order valence-corrected chi connectivity index (χ0v) is 14.5. The highest BCUT2D eigenvalue weighted by molar-refractivity contribution is 7.15. The highest BCUT2D eigenvalue weighted by atomic mass is 32.1. The number of fused-ring (bicyclic) bond motifs is 1. The van der Waals surface area contributed by atoms with E-state index in [1.165, 1.54) is 29.0 Å². The number of nitrogens with one attached hydrogen (secondary N) is 2. The monoisotopic (exact) mass is 329 g/mol. The molecule has 0 aliphatic heterocycles. The van der Waals surface area contributed by atoms with E-state index in [-0.39, 0.29) is 11.4 Å². The Bertz CT molecular complexity index is 655. The summed E-state index contributed by atoms with van der Waals surface area (Å²) in [6.07, 6.45) is 4.56. The topological polar surface area (TPSA) is 54.0 Å². The van der Waals surface area contributed by atoms with Crippen LogP contribution < -0.4 is 10.6 Å². The minimum absolute atomic E-state index is 0.110. The molecule has 2 aromatic rings. The van der Waals surface area contributed by atoms with E-state index in [0.29, 0.717) is 11.7 Å². The van der Waals surface area contributed by atoms with Gasteiger partial charge in [0.2, 0.25) is 0 Å². The maximum absolute atomic E-state index is 12.1. The maximum Gasteiger partial charge on any atom is 0.321 e. The first-order valence-electron chi connectivity index (χ1n) is 8.13. The molecule has 3 rings (SSSR count). The van der Waals surface area contributed by atoms with Crippen molar-refractivity contribution < 1.29 is 4.79 Å². The van der Waals surface area contributed by atoms with Crippen molar-refractivity contribution >= 4 is 22.5 Å². The van der Waals surface area contributed by atoms with Crippen molar-refractivity contribution in [1.82, 2.24) is 10.3 Å². The molecule has 1 aliphatic carbocycles. The molecule has 0 unspecified atom stereocenters. The minimum atomic E-state index is -0.180. The second-order valence-corrected chi connectivity index (χ2v) is 7.74. The maximum atomic E-state index is 12.1. The van der Waals surface area contributed by atoms with E-state index >= 15 is 0 Å². The standard InChI is InChI=1S/C18H23N3OS/c1-18(2,13-8-4-3-5-9-13)12-19-16(22)21-17-20-14-10-6-7-11-15(14)23-17/h3-5,8-9H,6-7,10-12H2,1-2H3,(H2,19,20,21,22). The number of benzene rings is 1. The van der Waals surface area contributed by atoms with E-state index in [0.717, 1.165) is 12.8 Å². The molecule has 1 heterocycles. The molecular weight excluding hydrogens is 306 g/mol. The Balaban J connectivity index is 1.56. The molecule has 23 heavy (non-hydrogen) atoms. The molecule has 0 saturated carbocycles. The zero-order chi connectivity index (χ0) is 16.3. The van der Waals surface area contributed by atoms with Crippen molar-refractivity contribution in [2.75, 3.05) is 11.9 Å². The van der Waals surface area contributed by atoms with Gasteiger partial charge in [-0.05, 0) is 31.2 Å². The van der Waals surface area contributed by atoms with E-state index in [1.54, 1.807) is 11.3 Å². The van der Waals surface area contributed by atoms with Crippen LogP contribution in [-0.2, 0) is 18.3 Å². The zero-order valence-electron chi connectivity index (χ0n) is 13.7. The minimum Gasteiger partial charge on any atom is -0.337 e. The fourth-order valence-corrected chi connectivity index (χ4v) is 3.88. The number of rotatable bonds is 4. The van der Waals surface area contributed by atoms with Crippen LogP contribution in [0.15, 0.2) is 30.3 Å². The number of urea groups is 1. The third kappa shape index (κ3) is 3.91. The average molecular weight is 329 g/mol. The molecule has 2 amide bonds. The van der Waals surface area contributed by atoms with Gasteiger partial charge in [0.15, 0.2) is 5.13 Å². The smallest absolute Gasteiger partial charge is 0.321 e. The Kier molecular flexibility index (Phi) is 4.66. The number of hydrogen-bond acceptors (Lipinski definition) is 3. The number of carbonyl (C=O) groups excluding carboxylic acids is 1. The van der Waals surface area contributed by atoms with Crippen LogP contribution in [0.4, 0.5) is 9.93 Å². The highest BCUT2D eigenvalue weighted by Gasteiger charge is 2.22. The van der Waals surface area contributed by atoms with Crippen molar-refractivity contribution in [1.29, 1.82) is 0 Å². The van der Waals surface area contributed by atoms with Crippen LogP contribution in [0.3, 0.4) is 0 Å². The van der Waals surface area contributed by atoms with Gasteiger partial charge < -0.3 is 5.32 Å². The largest absolute Gasteiger partial charge is 0.337 e. The van der Waals surface area contributed by atoms with Crippen LogP contribution in [0, 0.1) is 0 Å². The average Bonchev–Trinajstić information content (AvgIpc) is 2.96. The fourth-order valence-electron chi connectivity index (χ4n) is 2.84. The summed E-state index contributed by atoms with van der Waals surface area (Å²) in [7, 11) is 0. The number of nitrogens with zero attached hydrogens (tertiary/aromatic N) is 1. The van der Waals surface area contributed by atoms with Gasteiger partial charge in [0, 0.05) is 16.8 Å². The van der Waals surface area contributed by atoms with E-state index in [2.05, 4.69) is 41.6 Å². The van der Waals surface area contributed by atoms with Crippen LogP contribution in [0.2, 0.25) is 0 Å². The number of aryl methyl sites for hydroxylation is 2. The summed E-state index contributed by atoms with van der Waals surface area (Å²) >= 11 is 1.61. The van der Waals surface area contributed by atoms with Gasteiger partial charge in [0.1, 0.15) is 0 Å². The molecule has 4 nitrogen and oxygen atoms in total. The molecule has 2 N–H and O–H groups in total. The molecule has 0 radical (unpaired) electrons. The number of thiazole rings is 1. The Morgan fingerprint density at radius 2 is 1.96 bits per heavy atom. The van der Waals surface area contributed by atoms with Crippen molar-refractivity contribution in [3.8, 4) is 0 Å². The predicted molar refractivity (Wildman–Crippen MR) is 95.2 cm³/mol. The van der Waals surface area contributed by atoms with Crippen LogP contribution in [0.5, 0.6) is 0 Å². The van der Waals surface area contributed by atoms with E-state index in [1.807, 2.05) is 18.2 Å². The molecule has 0 bridgehead atoms. The van der Waals surface area contributed by atoms with Gasteiger partial charge in [-0.15, -0.1) is 11.3 Å². The van der Waals surface area contributed by atoms with Crippen molar-refractivity contribution in [3.05, 3.63) is 46.5 Å². The number of amides is 2. The molecule has 1 aliphatic rings. The van der Waals surface area contributed by atoms with Crippen LogP contribution in [0.1, 0.15) is 42.8 Å². The highest BCUT2D eigenvalue weighted by Crippen LogP contribution is 2.29. The van der Waals surface area contributed by atoms with Gasteiger partial charge in [-0.1, -0.05) is 44.2 Å². The van der Waals surface area contributed by atoms with Gasteiger partial charge in [-0.3, -0.25) is 5.32 Å². The van der Waals surface area contributed by atoms with Gasteiger partial charge in [-0.25, -0.2) is 9.78 Å². The first-order valence-corrected chi connectivity index (χ1v) is 8.95. The third-order valence-electron chi connectivity index (χ3n) is 4.31. The summed E-state index contributed by atoms with van der Waals surface area (Å²) in [6.45, 7) is 4.84. The first-order chi connectivity index (χ1) is 11.0. The number of hydrogen-bond donors (Lipinski definition) is 2. The van der Waals surface area contributed by atoms with Gasteiger partial charge >= 0.3 is 6.03 Å². The Labute approximate surface area is 141 Å². The molecule has 0 spiro atoms. The number of anilines is 1. The summed E-state index contributed by atoms with van der Waals surface area (Å²) in [5.41, 5.74) is 2.27. The number of aromatic nitrogens is 1. The lowest BCUT2D eigenvalue weighted by Crippen LogP contribution is -2.38. The molecule has 0 saturated heterocycles. The molecule has 0 atom stereocenters. The summed E-state index contributed by atoms with van der Waals surface area (Å²) in [6, 6.07) is 10.1. The van der Waals surface area contributed by atoms with Gasteiger partial charge in [0.05, 0.1) is 5.69 Å². The van der Waals surface area contributed by atoms with Crippen molar-refractivity contribution in [2.45, 2.75) is 44.9 Å². The molecular formula is C18H23N3OS. The van der Waals surface area contributed by atoms with Crippen molar-refractivity contribution in [2.24, 2.45) is 0 Å². The van der Waals surface area contributed by atoms with Crippen LogP contribution >= 0.6 is 11.3 Å². The summed E-state index contributed by atoms with van der Waals surface area (Å²) in [4.78, 5) is 18.0. The normalized spacial score (nSPS) is 14.2. The molecule has 122 valence electrons. The first kappa shape index (κ1) is 16.0. The third-order valence-corrected chi connectivity index (χ3v) is 5.39. The van der Waals surface area contributed by atoms with E-state index in [4.69, 9.17) is 0 Å². The van der Waals surface area contributed by atoms with E-state index < -0.39 is 0 Å². The SMILES string of the molecule is CC(C)(CNC(=O)Nc1nc2c(s1)CCCC2)c1ccccc1. The van der Waals surface area contributed by atoms with Crippen molar-refractivity contribution in [3.63, 3.8) is 0 Å². The summed E-state index contributed by atoms with van der Waals surface area (Å²) < 4.78 is 0. The lowest BCUT2D eigenvalue weighted by atomic mass is 9.85. The molecule has 1 aromatic carbocycles. The quantitative estimate of drug-likeness (QED) is 0.886. The van der Waals surface area contributed by atoms with Gasteiger partial charge in [0.25, 0.3) is 0 Å². The molecule has 1 aromatic heterocycles. The Morgan fingerprint density at radius 3 is 2.70 bits per heavy atom. The predicted octanol–water partition coefficient (Wildman–Crippen LogP) is 4.12. The second-order valence-electron chi connectivity index (χ2n) is 6.65. The summed E-state index contributed by atoms with van der Waals surface area (Å²) in [5.74, 6) is 0. The molecule has 5 heteroatoms. The van der Waals surface area contributed by atoms with E-state index in [9.17, 15) is 4.79 Å².